The minimum Gasteiger partial charge on any atom is -0.354 e. The predicted octanol–water partition coefficient (Wildman–Crippen LogP) is 3.20. The molecule has 0 aliphatic carbocycles. The number of carbonyl (C=O) groups excluding carboxylic acids is 1. The first kappa shape index (κ1) is 13.7. The van der Waals surface area contributed by atoms with Gasteiger partial charge in [-0.2, -0.15) is 0 Å². The van der Waals surface area contributed by atoms with Crippen LogP contribution >= 0.6 is 11.6 Å². The molecule has 0 aliphatic rings. The Bertz CT molecular complexity index is 575. The molecule has 1 aromatic carbocycles. The number of nitrogens with zero attached hydrogens (tertiary/aromatic N) is 1. The molecular weight excluding hydrogens is 260 g/mol. The van der Waals surface area contributed by atoms with Crippen molar-refractivity contribution in [2.45, 2.75) is 26.3 Å². The van der Waals surface area contributed by atoms with E-state index in [-0.39, 0.29) is 11.9 Å². The zero-order valence-corrected chi connectivity index (χ0v) is 11.8. The van der Waals surface area contributed by atoms with Gasteiger partial charge in [-0.1, -0.05) is 17.7 Å². The Balaban J connectivity index is 2.21. The van der Waals surface area contributed by atoms with Crippen molar-refractivity contribution in [3.63, 3.8) is 0 Å². The van der Waals surface area contributed by atoms with Gasteiger partial charge in [-0.05, 0) is 44.2 Å². The van der Waals surface area contributed by atoms with Gasteiger partial charge in [0.25, 0.3) is 0 Å². The molecular formula is C15H17ClN2O. The summed E-state index contributed by atoms with van der Waals surface area (Å²) < 4.78 is 1.98. The van der Waals surface area contributed by atoms with Crippen LogP contribution in [0.1, 0.15) is 19.5 Å². The van der Waals surface area contributed by atoms with Gasteiger partial charge in [0, 0.05) is 28.6 Å². The van der Waals surface area contributed by atoms with E-state index in [1.807, 2.05) is 61.0 Å². The fourth-order valence-corrected chi connectivity index (χ4v) is 2.16. The number of halogens is 1. The smallest absolute Gasteiger partial charge is 0.226 e. The quantitative estimate of drug-likeness (QED) is 0.914. The average molecular weight is 277 g/mol. The van der Waals surface area contributed by atoms with Gasteiger partial charge in [-0.25, -0.2) is 0 Å². The lowest BCUT2D eigenvalue weighted by Crippen LogP contribution is -2.31. The van der Waals surface area contributed by atoms with Crippen LogP contribution in [0.4, 0.5) is 0 Å². The number of rotatable bonds is 4. The highest BCUT2D eigenvalue weighted by molar-refractivity contribution is 6.30. The monoisotopic (exact) mass is 276 g/mol. The second kappa shape index (κ2) is 5.93. The zero-order valence-electron chi connectivity index (χ0n) is 11.1. The van der Waals surface area contributed by atoms with Gasteiger partial charge in [-0.15, -0.1) is 0 Å². The number of hydrogen-bond acceptors (Lipinski definition) is 1. The number of benzene rings is 1. The highest BCUT2D eigenvalue weighted by Gasteiger charge is 2.09. The summed E-state index contributed by atoms with van der Waals surface area (Å²) >= 11 is 6.00. The van der Waals surface area contributed by atoms with Crippen LogP contribution in [0.15, 0.2) is 42.6 Å². The van der Waals surface area contributed by atoms with E-state index in [4.69, 9.17) is 11.6 Å². The summed E-state index contributed by atoms with van der Waals surface area (Å²) in [4.78, 5) is 11.8. The van der Waals surface area contributed by atoms with Crippen molar-refractivity contribution in [3.05, 3.63) is 53.3 Å². The Kier molecular flexibility index (Phi) is 4.27. The molecule has 0 radical (unpaired) electrons. The largest absolute Gasteiger partial charge is 0.354 e. The van der Waals surface area contributed by atoms with Crippen molar-refractivity contribution >= 4 is 17.5 Å². The van der Waals surface area contributed by atoms with Crippen molar-refractivity contribution in [1.82, 2.24) is 9.88 Å². The van der Waals surface area contributed by atoms with Crippen LogP contribution in [-0.2, 0) is 11.2 Å². The van der Waals surface area contributed by atoms with Crippen LogP contribution in [0.5, 0.6) is 0 Å². The lowest BCUT2D eigenvalue weighted by atomic mass is 10.2. The van der Waals surface area contributed by atoms with Gasteiger partial charge in [0.1, 0.15) is 0 Å². The van der Waals surface area contributed by atoms with E-state index in [1.165, 1.54) is 0 Å². The molecule has 0 spiro atoms. The molecule has 0 saturated carbocycles. The summed E-state index contributed by atoms with van der Waals surface area (Å²) in [5.74, 6) is 0.0250. The first-order valence-corrected chi connectivity index (χ1v) is 6.65. The molecule has 0 aliphatic heterocycles. The van der Waals surface area contributed by atoms with E-state index in [0.717, 1.165) is 11.4 Å². The predicted molar refractivity (Wildman–Crippen MR) is 77.8 cm³/mol. The summed E-state index contributed by atoms with van der Waals surface area (Å²) in [5, 5.41) is 3.58. The Hall–Kier alpha value is -1.74. The van der Waals surface area contributed by atoms with E-state index in [1.54, 1.807) is 0 Å². The van der Waals surface area contributed by atoms with Crippen molar-refractivity contribution in [3.8, 4) is 5.69 Å². The van der Waals surface area contributed by atoms with E-state index in [0.29, 0.717) is 11.4 Å². The van der Waals surface area contributed by atoms with Crippen LogP contribution in [0.3, 0.4) is 0 Å². The van der Waals surface area contributed by atoms with E-state index >= 15 is 0 Å². The number of carbonyl (C=O) groups is 1. The van der Waals surface area contributed by atoms with Gasteiger partial charge in [0.05, 0.1) is 6.42 Å². The molecule has 2 aromatic rings. The Morgan fingerprint density at radius 3 is 2.79 bits per heavy atom. The molecule has 0 saturated heterocycles. The number of amides is 1. The molecule has 1 aromatic heterocycles. The second-order valence-corrected chi connectivity index (χ2v) is 5.18. The number of hydrogen-bond donors (Lipinski definition) is 1. The Labute approximate surface area is 118 Å². The van der Waals surface area contributed by atoms with Crippen molar-refractivity contribution < 1.29 is 4.79 Å². The third-order valence-electron chi connectivity index (χ3n) is 2.71. The molecule has 3 nitrogen and oxygen atoms in total. The van der Waals surface area contributed by atoms with Crippen LogP contribution in [-0.4, -0.2) is 16.5 Å². The molecule has 0 fully saturated rings. The van der Waals surface area contributed by atoms with Crippen molar-refractivity contribution in [1.29, 1.82) is 0 Å². The van der Waals surface area contributed by atoms with Crippen LogP contribution in [0, 0.1) is 0 Å². The lowest BCUT2D eigenvalue weighted by molar-refractivity contribution is -0.121. The summed E-state index contributed by atoms with van der Waals surface area (Å²) in [6.07, 6.45) is 2.29. The van der Waals surface area contributed by atoms with Gasteiger partial charge in [0.2, 0.25) is 5.91 Å². The van der Waals surface area contributed by atoms with E-state index in [2.05, 4.69) is 5.32 Å². The number of aromatic nitrogens is 1. The summed E-state index contributed by atoms with van der Waals surface area (Å²) in [7, 11) is 0. The topological polar surface area (TPSA) is 34.0 Å². The third-order valence-corrected chi connectivity index (χ3v) is 2.95. The first-order chi connectivity index (χ1) is 9.06. The number of nitrogens with one attached hydrogen (secondary N) is 1. The van der Waals surface area contributed by atoms with E-state index in [9.17, 15) is 4.79 Å². The molecule has 1 N–H and O–H groups in total. The fraction of sp³-hybridized carbons (Fsp3) is 0.267. The molecule has 4 heteroatoms. The maximum absolute atomic E-state index is 11.8. The molecule has 1 heterocycles. The van der Waals surface area contributed by atoms with Crippen molar-refractivity contribution in [2.24, 2.45) is 0 Å². The van der Waals surface area contributed by atoms with Gasteiger partial charge in [-0.3, -0.25) is 4.79 Å². The average Bonchev–Trinajstić information content (AvgIpc) is 2.75. The van der Waals surface area contributed by atoms with Gasteiger partial charge >= 0.3 is 0 Å². The van der Waals surface area contributed by atoms with E-state index < -0.39 is 0 Å². The second-order valence-electron chi connectivity index (χ2n) is 4.75. The molecule has 0 bridgehead atoms. The normalized spacial score (nSPS) is 10.7. The zero-order chi connectivity index (χ0) is 13.8. The molecule has 0 atom stereocenters. The fourth-order valence-electron chi connectivity index (χ4n) is 1.98. The Morgan fingerprint density at radius 1 is 1.32 bits per heavy atom. The summed E-state index contributed by atoms with van der Waals surface area (Å²) in [6.45, 7) is 3.90. The standard InChI is InChI=1S/C15H17ClN2O/c1-11(2)17-15(19)10-14-7-4-8-18(14)13-6-3-5-12(16)9-13/h3-9,11H,10H2,1-2H3,(H,17,19). The van der Waals surface area contributed by atoms with Gasteiger partial charge < -0.3 is 9.88 Å². The maximum atomic E-state index is 11.8. The minimum atomic E-state index is 0.0250. The van der Waals surface area contributed by atoms with Crippen molar-refractivity contribution in [2.75, 3.05) is 0 Å². The van der Waals surface area contributed by atoms with Gasteiger partial charge in [0.15, 0.2) is 0 Å². The lowest BCUT2D eigenvalue weighted by Gasteiger charge is -2.11. The van der Waals surface area contributed by atoms with Crippen LogP contribution in [0.25, 0.3) is 5.69 Å². The minimum absolute atomic E-state index is 0.0250. The molecule has 1 amide bonds. The highest BCUT2D eigenvalue weighted by Crippen LogP contribution is 2.17. The molecule has 100 valence electrons. The maximum Gasteiger partial charge on any atom is 0.226 e. The third kappa shape index (κ3) is 3.61. The van der Waals surface area contributed by atoms with Crippen LogP contribution in [0.2, 0.25) is 5.02 Å². The highest BCUT2D eigenvalue weighted by atomic mass is 35.5. The Morgan fingerprint density at radius 2 is 2.11 bits per heavy atom. The first-order valence-electron chi connectivity index (χ1n) is 6.28. The summed E-state index contributed by atoms with van der Waals surface area (Å²) in [5.41, 5.74) is 1.91. The molecule has 2 rings (SSSR count). The molecule has 19 heavy (non-hydrogen) atoms. The molecule has 0 unspecified atom stereocenters. The SMILES string of the molecule is CC(C)NC(=O)Cc1cccn1-c1cccc(Cl)c1. The van der Waals surface area contributed by atoms with Crippen LogP contribution < -0.4 is 5.32 Å². The summed E-state index contributed by atoms with van der Waals surface area (Å²) in [6, 6.07) is 11.6.